The van der Waals surface area contributed by atoms with Gasteiger partial charge in [-0.2, -0.15) is 0 Å². The minimum Gasteiger partial charge on any atom is -0.495 e. The van der Waals surface area contributed by atoms with Crippen molar-refractivity contribution in [2.45, 2.75) is 32.6 Å². The second kappa shape index (κ2) is 11.3. The van der Waals surface area contributed by atoms with Crippen LogP contribution in [0.3, 0.4) is 0 Å². The highest BCUT2D eigenvalue weighted by Gasteiger charge is 2.26. The van der Waals surface area contributed by atoms with Crippen LogP contribution < -0.4 is 20.9 Å². The van der Waals surface area contributed by atoms with Gasteiger partial charge in [-0.3, -0.25) is 14.8 Å². The number of rotatable bonds is 10. The highest BCUT2D eigenvalue weighted by molar-refractivity contribution is 5.91. The molecule has 0 radical (unpaired) electrons. The molecule has 160 valence electrons. The molecule has 0 spiro atoms. The van der Waals surface area contributed by atoms with Crippen LogP contribution in [0.4, 0.5) is 10.5 Å². The molecule has 0 heterocycles. The van der Waals surface area contributed by atoms with E-state index in [-0.39, 0.29) is 30.8 Å². The molecule has 9 heteroatoms. The van der Waals surface area contributed by atoms with E-state index in [2.05, 4.69) is 10.6 Å². The Morgan fingerprint density at radius 3 is 2.62 bits per heavy atom. The molecule has 1 aromatic rings. The predicted molar refractivity (Wildman–Crippen MR) is 108 cm³/mol. The third-order valence-corrected chi connectivity index (χ3v) is 5.00. The van der Waals surface area contributed by atoms with Crippen molar-refractivity contribution in [2.75, 3.05) is 32.1 Å². The van der Waals surface area contributed by atoms with E-state index in [1.165, 1.54) is 12.0 Å². The molecular formula is C20H30N4O5. The number of nitrogens with zero attached hydrogens (tertiary/aromatic N) is 1. The molecule has 0 bridgehead atoms. The maximum absolute atomic E-state index is 12.6. The van der Waals surface area contributed by atoms with Crippen molar-refractivity contribution >= 4 is 23.5 Å². The zero-order valence-corrected chi connectivity index (χ0v) is 16.9. The summed E-state index contributed by atoms with van der Waals surface area (Å²) in [5.74, 6) is 0.0664. The maximum atomic E-state index is 12.6. The van der Waals surface area contributed by atoms with Crippen molar-refractivity contribution in [1.29, 1.82) is 0 Å². The number of benzene rings is 1. The summed E-state index contributed by atoms with van der Waals surface area (Å²) >= 11 is 0. The number of amides is 4. The van der Waals surface area contributed by atoms with E-state index in [1.807, 2.05) is 13.0 Å². The topological polar surface area (TPSA) is 120 Å². The lowest BCUT2D eigenvalue weighted by Gasteiger charge is -2.32. The minimum absolute atomic E-state index is 0.119. The molecule has 4 amide bonds. The van der Waals surface area contributed by atoms with Crippen LogP contribution in [-0.4, -0.2) is 54.7 Å². The molecule has 1 unspecified atom stereocenters. The van der Waals surface area contributed by atoms with Gasteiger partial charge in [0.2, 0.25) is 5.91 Å². The Kier molecular flexibility index (Phi) is 8.72. The zero-order valence-electron chi connectivity index (χ0n) is 16.9. The molecule has 2 rings (SSSR count). The smallest absolute Gasteiger partial charge is 0.319 e. The second-order valence-corrected chi connectivity index (χ2v) is 7.45. The average Bonchev–Trinajstić information content (AvgIpc) is 2.68. The molecule has 1 fully saturated rings. The van der Waals surface area contributed by atoms with Gasteiger partial charge >= 0.3 is 6.03 Å². The van der Waals surface area contributed by atoms with E-state index in [0.29, 0.717) is 30.4 Å². The third-order valence-electron chi connectivity index (χ3n) is 5.00. The van der Waals surface area contributed by atoms with E-state index in [0.717, 1.165) is 19.3 Å². The first kappa shape index (κ1) is 22.5. The number of hydrogen-bond acceptors (Lipinski definition) is 5. The van der Waals surface area contributed by atoms with Gasteiger partial charge in [-0.15, -0.1) is 0 Å². The van der Waals surface area contributed by atoms with Crippen molar-refractivity contribution in [1.82, 2.24) is 15.7 Å². The highest BCUT2D eigenvalue weighted by Crippen LogP contribution is 2.27. The van der Waals surface area contributed by atoms with Crippen molar-refractivity contribution in [3.63, 3.8) is 0 Å². The SMILES string of the molecule is COc1ccccc1NC(=O)NCC(C)CC(=O)N(CC(=O)NO)CC1CCC1. The molecule has 1 aliphatic carbocycles. The Morgan fingerprint density at radius 2 is 2.00 bits per heavy atom. The third kappa shape index (κ3) is 7.26. The average molecular weight is 406 g/mol. The molecule has 0 saturated heterocycles. The summed E-state index contributed by atoms with van der Waals surface area (Å²) in [5, 5.41) is 14.2. The molecule has 0 aliphatic heterocycles. The van der Waals surface area contributed by atoms with Gasteiger partial charge in [0.05, 0.1) is 12.8 Å². The molecule has 9 nitrogen and oxygen atoms in total. The zero-order chi connectivity index (χ0) is 21.2. The van der Waals surface area contributed by atoms with Gasteiger partial charge in [0.1, 0.15) is 12.3 Å². The monoisotopic (exact) mass is 406 g/mol. The number of hydrogen-bond donors (Lipinski definition) is 4. The Labute approximate surface area is 170 Å². The lowest BCUT2D eigenvalue weighted by Crippen LogP contribution is -2.44. The van der Waals surface area contributed by atoms with Crippen LogP contribution in [0, 0.1) is 11.8 Å². The fourth-order valence-corrected chi connectivity index (χ4v) is 3.13. The van der Waals surface area contributed by atoms with Gasteiger partial charge in [0, 0.05) is 19.5 Å². The van der Waals surface area contributed by atoms with Crippen molar-refractivity contribution in [3.8, 4) is 5.75 Å². The van der Waals surface area contributed by atoms with Crippen LogP contribution >= 0.6 is 0 Å². The Hall–Kier alpha value is -2.81. The summed E-state index contributed by atoms with van der Waals surface area (Å²) in [5.41, 5.74) is 2.13. The van der Waals surface area contributed by atoms with Crippen LogP contribution in [0.1, 0.15) is 32.6 Å². The normalized spacial score (nSPS) is 14.3. The number of carbonyl (C=O) groups excluding carboxylic acids is 3. The Morgan fingerprint density at radius 1 is 1.28 bits per heavy atom. The fourth-order valence-electron chi connectivity index (χ4n) is 3.13. The van der Waals surface area contributed by atoms with Crippen LogP contribution in [0.2, 0.25) is 0 Å². The van der Waals surface area contributed by atoms with Gasteiger partial charge in [0.15, 0.2) is 0 Å². The molecule has 1 aliphatic rings. The molecule has 0 aromatic heterocycles. The maximum Gasteiger partial charge on any atom is 0.319 e. The van der Waals surface area contributed by atoms with Crippen molar-refractivity contribution in [2.24, 2.45) is 11.8 Å². The summed E-state index contributed by atoms with van der Waals surface area (Å²) in [7, 11) is 1.53. The van der Waals surface area contributed by atoms with Gasteiger partial charge in [-0.05, 0) is 36.8 Å². The highest BCUT2D eigenvalue weighted by atomic mass is 16.5. The number of nitrogens with one attached hydrogen (secondary N) is 3. The number of carbonyl (C=O) groups is 3. The predicted octanol–water partition coefficient (Wildman–Crippen LogP) is 1.98. The summed E-state index contributed by atoms with van der Waals surface area (Å²) < 4.78 is 5.19. The number of anilines is 1. The van der Waals surface area contributed by atoms with Crippen LogP contribution in [0.25, 0.3) is 0 Å². The lowest BCUT2D eigenvalue weighted by molar-refractivity contribution is -0.140. The van der Waals surface area contributed by atoms with E-state index in [9.17, 15) is 14.4 Å². The quantitative estimate of drug-likeness (QED) is 0.350. The van der Waals surface area contributed by atoms with Crippen molar-refractivity contribution in [3.05, 3.63) is 24.3 Å². The molecule has 29 heavy (non-hydrogen) atoms. The van der Waals surface area contributed by atoms with Gasteiger partial charge in [0.25, 0.3) is 5.91 Å². The molecule has 1 saturated carbocycles. The van der Waals surface area contributed by atoms with Gasteiger partial charge < -0.3 is 20.3 Å². The number of ether oxygens (including phenoxy) is 1. The summed E-state index contributed by atoms with van der Waals surface area (Å²) in [6.07, 6.45) is 3.43. The van der Waals surface area contributed by atoms with E-state index >= 15 is 0 Å². The number of urea groups is 1. The number of hydroxylamine groups is 1. The molecule has 4 N–H and O–H groups in total. The van der Waals surface area contributed by atoms with Crippen LogP contribution in [-0.2, 0) is 9.59 Å². The fraction of sp³-hybridized carbons (Fsp3) is 0.550. The molecule has 1 aromatic carbocycles. The summed E-state index contributed by atoms with van der Waals surface area (Å²) in [6, 6.07) is 6.69. The standard InChI is InChI=1S/C20H30N4O5/c1-14(11-21-20(27)22-16-8-3-4-9-17(16)29-2)10-19(26)24(13-18(25)23-28)12-15-6-5-7-15/h3-4,8-9,14-15,28H,5-7,10-13H2,1-2H3,(H,23,25)(H2,21,22,27). The molecular weight excluding hydrogens is 376 g/mol. The lowest BCUT2D eigenvalue weighted by atomic mass is 9.85. The second-order valence-electron chi connectivity index (χ2n) is 7.45. The molecule has 1 atom stereocenters. The minimum atomic E-state index is -0.611. The van der Waals surface area contributed by atoms with E-state index < -0.39 is 5.91 Å². The first-order chi connectivity index (χ1) is 13.9. The van der Waals surface area contributed by atoms with Crippen molar-refractivity contribution < 1.29 is 24.3 Å². The number of methoxy groups -OCH3 is 1. The Bertz CT molecular complexity index is 708. The largest absolute Gasteiger partial charge is 0.495 e. The summed E-state index contributed by atoms with van der Waals surface area (Å²) in [6.45, 7) is 2.51. The van der Waals surface area contributed by atoms with Crippen LogP contribution in [0.15, 0.2) is 24.3 Å². The van der Waals surface area contributed by atoms with Gasteiger partial charge in [-0.1, -0.05) is 25.5 Å². The summed E-state index contributed by atoms with van der Waals surface area (Å²) in [4.78, 5) is 37.7. The van der Waals surface area contributed by atoms with E-state index in [1.54, 1.807) is 23.7 Å². The first-order valence-electron chi connectivity index (χ1n) is 9.81. The van der Waals surface area contributed by atoms with E-state index in [4.69, 9.17) is 9.94 Å². The first-order valence-corrected chi connectivity index (χ1v) is 9.81. The number of para-hydroxylation sites is 2. The van der Waals surface area contributed by atoms with Gasteiger partial charge in [-0.25, -0.2) is 10.3 Å². The Balaban J connectivity index is 1.80. The van der Waals surface area contributed by atoms with Crippen LogP contribution in [0.5, 0.6) is 5.75 Å².